The molecule has 0 radical (unpaired) electrons. The van der Waals surface area contributed by atoms with E-state index in [0.29, 0.717) is 17.3 Å². The molecule has 212 valence electrons. The van der Waals surface area contributed by atoms with Crippen LogP contribution in [0.25, 0.3) is 5.57 Å². The van der Waals surface area contributed by atoms with E-state index in [0.717, 1.165) is 37.0 Å². The van der Waals surface area contributed by atoms with Crippen LogP contribution in [0.5, 0.6) is 0 Å². The second-order valence-corrected chi connectivity index (χ2v) is 13.9. The van der Waals surface area contributed by atoms with Crippen molar-refractivity contribution in [3.8, 4) is 0 Å². The van der Waals surface area contributed by atoms with Gasteiger partial charge in [-0.25, -0.2) is 0 Å². The molecular formula is C38H48O2. The lowest BCUT2D eigenvalue weighted by atomic mass is 9.46. The first kappa shape index (κ1) is 27.6. The fraction of sp³-hybridized carbons (Fsp3) is 0.553. The van der Waals surface area contributed by atoms with Gasteiger partial charge in [0.2, 0.25) is 0 Å². The van der Waals surface area contributed by atoms with Crippen molar-refractivity contribution < 1.29 is 9.53 Å². The van der Waals surface area contributed by atoms with E-state index in [1.807, 2.05) is 0 Å². The van der Waals surface area contributed by atoms with Crippen LogP contribution < -0.4 is 0 Å². The predicted octanol–water partition coefficient (Wildman–Crippen LogP) is 9.66. The number of benzene rings is 2. The molecule has 3 saturated carbocycles. The summed E-state index contributed by atoms with van der Waals surface area (Å²) in [6.07, 6.45) is 16.2. The molecule has 2 heteroatoms. The lowest BCUT2D eigenvalue weighted by Crippen LogP contribution is -2.55. The topological polar surface area (TPSA) is 26.3 Å². The summed E-state index contributed by atoms with van der Waals surface area (Å²) in [5, 5.41) is 0. The number of carbonyl (C=O) groups is 1. The van der Waals surface area contributed by atoms with Crippen LogP contribution in [0.15, 0.2) is 78.4 Å². The molecule has 0 unspecified atom stereocenters. The summed E-state index contributed by atoms with van der Waals surface area (Å²) < 4.78 is 6.05. The van der Waals surface area contributed by atoms with Gasteiger partial charge in [0, 0.05) is 12.3 Å². The van der Waals surface area contributed by atoms with Gasteiger partial charge in [-0.15, -0.1) is 0 Å². The highest BCUT2D eigenvalue weighted by Crippen LogP contribution is 2.67. The minimum atomic E-state index is -0.108. The predicted molar refractivity (Wildman–Crippen MR) is 164 cm³/mol. The Labute approximate surface area is 242 Å². The summed E-state index contributed by atoms with van der Waals surface area (Å²) >= 11 is 0. The maximum atomic E-state index is 12.1. The monoisotopic (exact) mass is 536 g/mol. The Morgan fingerprint density at radius 1 is 0.950 bits per heavy atom. The van der Waals surface area contributed by atoms with Gasteiger partial charge in [0.25, 0.3) is 0 Å². The SMILES string of the molecule is CC(=O)O[C@H]1CCCC2=CC[C@@H]3[C@H]4CC[C@@H]([C@@H](C)CC=C(c5ccccc5)c5ccccc5)[C@@]4(C)CC[C@H]3[C@]21C. The van der Waals surface area contributed by atoms with Gasteiger partial charge in [-0.05, 0) is 109 Å². The summed E-state index contributed by atoms with van der Waals surface area (Å²) in [4.78, 5) is 12.1. The Bertz CT molecular complexity index is 1220. The van der Waals surface area contributed by atoms with E-state index in [-0.39, 0.29) is 17.5 Å². The molecule has 0 amide bonds. The van der Waals surface area contributed by atoms with E-state index in [1.54, 1.807) is 12.5 Å². The zero-order valence-corrected chi connectivity index (χ0v) is 25.1. The first-order chi connectivity index (χ1) is 19.3. The molecule has 0 saturated heterocycles. The molecule has 3 fully saturated rings. The summed E-state index contributed by atoms with van der Waals surface area (Å²) in [5.41, 5.74) is 6.01. The van der Waals surface area contributed by atoms with Gasteiger partial charge in [-0.1, -0.05) is 99.2 Å². The second kappa shape index (κ2) is 11.0. The van der Waals surface area contributed by atoms with Crippen LogP contribution in [0.2, 0.25) is 0 Å². The summed E-state index contributed by atoms with van der Waals surface area (Å²) in [6.45, 7) is 9.22. The van der Waals surface area contributed by atoms with Gasteiger partial charge < -0.3 is 4.74 Å². The Morgan fingerprint density at radius 2 is 1.62 bits per heavy atom. The van der Waals surface area contributed by atoms with Gasteiger partial charge in [0.05, 0.1) is 0 Å². The smallest absolute Gasteiger partial charge is 0.302 e. The molecule has 4 aliphatic rings. The van der Waals surface area contributed by atoms with Gasteiger partial charge in [0.15, 0.2) is 0 Å². The highest BCUT2D eigenvalue weighted by molar-refractivity contribution is 5.79. The molecular weight excluding hydrogens is 488 g/mol. The van der Waals surface area contributed by atoms with E-state index in [1.165, 1.54) is 55.2 Å². The first-order valence-electron chi connectivity index (χ1n) is 16.0. The van der Waals surface area contributed by atoms with Crippen molar-refractivity contribution in [3.05, 3.63) is 89.5 Å². The Hall–Kier alpha value is -2.61. The van der Waals surface area contributed by atoms with Crippen molar-refractivity contribution in [3.63, 3.8) is 0 Å². The van der Waals surface area contributed by atoms with Crippen LogP contribution in [-0.4, -0.2) is 12.1 Å². The molecule has 8 atom stereocenters. The van der Waals surface area contributed by atoms with E-state index in [9.17, 15) is 4.79 Å². The number of ether oxygens (including phenoxy) is 1. The Morgan fingerprint density at radius 3 is 2.27 bits per heavy atom. The number of rotatable bonds is 6. The van der Waals surface area contributed by atoms with Gasteiger partial charge in [-0.3, -0.25) is 4.79 Å². The molecule has 0 N–H and O–H groups in total. The number of allylic oxidation sites excluding steroid dienone is 2. The second-order valence-electron chi connectivity index (χ2n) is 13.9. The van der Waals surface area contributed by atoms with E-state index in [4.69, 9.17) is 4.74 Å². The molecule has 0 heterocycles. The maximum Gasteiger partial charge on any atom is 0.302 e. The zero-order chi connectivity index (χ0) is 27.9. The highest BCUT2D eigenvalue weighted by atomic mass is 16.5. The van der Waals surface area contributed by atoms with Gasteiger partial charge in [-0.2, -0.15) is 0 Å². The lowest BCUT2D eigenvalue weighted by molar-refractivity contribution is -0.162. The largest absolute Gasteiger partial charge is 0.462 e. The van der Waals surface area contributed by atoms with Crippen molar-refractivity contribution >= 4 is 11.5 Å². The summed E-state index contributed by atoms with van der Waals surface area (Å²) in [6, 6.07) is 21.8. The van der Waals surface area contributed by atoms with Crippen molar-refractivity contribution in [2.75, 3.05) is 0 Å². The van der Waals surface area contributed by atoms with Crippen LogP contribution in [0.4, 0.5) is 0 Å². The van der Waals surface area contributed by atoms with Crippen molar-refractivity contribution in [1.29, 1.82) is 0 Å². The summed E-state index contributed by atoms with van der Waals surface area (Å²) in [5.74, 6) is 3.45. The third kappa shape index (κ3) is 4.70. The van der Waals surface area contributed by atoms with Crippen LogP contribution in [0.1, 0.15) is 96.6 Å². The fourth-order valence-electron chi connectivity index (χ4n) is 10.2. The van der Waals surface area contributed by atoms with Crippen molar-refractivity contribution in [2.45, 2.75) is 91.6 Å². The van der Waals surface area contributed by atoms with Crippen molar-refractivity contribution in [1.82, 2.24) is 0 Å². The lowest BCUT2D eigenvalue weighted by Gasteiger charge is -2.59. The molecule has 2 aromatic rings. The number of hydrogen-bond donors (Lipinski definition) is 0. The van der Waals surface area contributed by atoms with Crippen LogP contribution in [0.3, 0.4) is 0 Å². The number of carbonyl (C=O) groups excluding carboxylic acids is 1. The normalized spacial score (nSPS) is 35.4. The number of hydrogen-bond acceptors (Lipinski definition) is 2. The number of esters is 1. The maximum absolute atomic E-state index is 12.1. The molecule has 0 aliphatic heterocycles. The van der Waals surface area contributed by atoms with Crippen LogP contribution in [-0.2, 0) is 9.53 Å². The average molecular weight is 537 g/mol. The molecule has 40 heavy (non-hydrogen) atoms. The zero-order valence-electron chi connectivity index (χ0n) is 25.1. The fourth-order valence-corrected chi connectivity index (χ4v) is 10.2. The third-order valence-electron chi connectivity index (χ3n) is 12.0. The minimum absolute atomic E-state index is 0.0286. The number of fused-ring (bicyclic) bond motifs is 5. The van der Waals surface area contributed by atoms with Crippen LogP contribution >= 0.6 is 0 Å². The van der Waals surface area contributed by atoms with Gasteiger partial charge >= 0.3 is 5.97 Å². The quantitative estimate of drug-likeness (QED) is 0.271. The molecule has 0 bridgehead atoms. The molecule has 2 nitrogen and oxygen atoms in total. The molecule has 4 aliphatic carbocycles. The Balaban J connectivity index is 1.23. The van der Waals surface area contributed by atoms with E-state index in [2.05, 4.69) is 93.6 Å². The molecule has 0 spiro atoms. The standard InChI is InChI=1S/C38H48O2/c1-26(18-20-31(28-12-7-5-8-13-28)29-14-9-6-10-15-29)33-22-23-34-32-21-19-30-16-11-17-36(40-27(2)39)38(30,4)35(32)24-25-37(33,34)3/h5-10,12-15,19-20,26,32-36H,11,16-18,21-25H2,1-4H3/t26-,32+,33-,34+,35+,36-,37+,38-/m0/s1. The van der Waals surface area contributed by atoms with Gasteiger partial charge in [0.1, 0.15) is 6.10 Å². The van der Waals surface area contributed by atoms with E-state index < -0.39 is 0 Å². The minimum Gasteiger partial charge on any atom is -0.462 e. The molecule has 6 rings (SSSR count). The van der Waals surface area contributed by atoms with Crippen molar-refractivity contribution in [2.24, 2.45) is 40.4 Å². The summed E-state index contributed by atoms with van der Waals surface area (Å²) in [7, 11) is 0. The van der Waals surface area contributed by atoms with E-state index >= 15 is 0 Å². The van der Waals surface area contributed by atoms with Crippen LogP contribution in [0, 0.1) is 40.4 Å². The highest BCUT2D eigenvalue weighted by Gasteiger charge is 2.61. The molecule has 0 aromatic heterocycles. The third-order valence-corrected chi connectivity index (χ3v) is 12.0. The Kier molecular flexibility index (Phi) is 7.57. The molecule has 2 aromatic carbocycles. The first-order valence-corrected chi connectivity index (χ1v) is 16.0. The average Bonchev–Trinajstić information content (AvgIpc) is 3.32.